The number of aromatic nitrogens is 3. The van der Waals surface area contributed by atoms with E-state index in [1.54, 1.807) is 6.33 Å². The van der Waals surface area contributed by atoms with Crippen LogP contribution in [0.4, 0.5) is 5.82 Å². The van der Waals surface area contributed by atoms with Gasteiger partial charge in [-0.05, 0) is 24.1 Å². The van der Waals surface area contributed by atoms with Gasteiger partial charge in [-0.15, -0.1) is 0 Å². The summed E-state index contributed by atoms with van der Waals surface area (Å²) in [4.78, 5) is 14.2. The number of ether oxygens (including phenoxy) is 1. The Morgan fingerprint density at radius 2 is 2.05 bits per heavy atom. The van der Waals surface area contributed by atoms with Crippen LogP contribution in [0.2, 0.25) is 0 Å². The van der Waals surface area contributed by atoms with Crippen molar-refractivity contribution in [3.05, 3.63) is 48.4 Å². The second kappa shape index (κ2) is 4.22. The minimum Gasteiger partial charge on any atom is -0.493 e. The fraction of sp³-hybridized carbons (Fsp3) is 0.294. The van der Waals surface area contributed by atoms with Crippen molar-refractivity contribution in [1.29, 1.82) is 0 Å². The average molecular weight is 292 g/mol. The topological polar surface area (TPSA) is 54.0 Å². The van der Waals surface area contributed by atoms with Gasteiger partial charge in [-0.1, -0.05) is 18.2 Å². The number of fused-ring (bicyclic) bond motifs is 2. The van der Waals surface area contributed by atoms with Crippen molar-refractivity contribution < 1.29 is 4.74 Å². The highest BCUT2D eigenvalue weighted by atomic mass is 16.5. The van der Waals surface area contributed by atoms with Gasteiger partial charge in [0.1, 0.15) is 23.5 Å². The van der Waals surface area contributed by atoms with Gasteiger partial charge in [-0.2, -0.15) is 0 Å². The van der Waals surface area contributed by atoms with Gasteiger partial charge in [0.15, 0.2) is 0 Å². The molecule has 0 saturated carbocycles. The van der Waals surface area contributed by atoms with Crippen molar-refractivity contribution in [2.24, 2.45) is 5.41 Å². The summed E-state index contributed by atoms with van der Waals surface area (Å²) in [5, 5.41) is 1.09. The molecule has 2 aliphatic rings. The van der Waals surface area contributed by atoms with Crippen LogP contribution in [-0.2, 0) is 6.42 Å². The number of nitrogens with one attached hydrogen (secondary N) is 1. The molecule has 1 spiro atoms. The maximum atomic E-state index is 5.97. The molecule has 110 valence electrons. The third-order valence-electron chi connectivity index (χ3n) is 4.76. The van der Waals surface area contributed by atoms with E-state index in [4.69, 9.17) is 4.74 Å². The zero-order chi connectivity index (χ0) is 14.6. The van der Waals surface area contributed by atoms with Gasteiger partial charge in [0.2, 0.25) is 0 Å². The number of hydrogen-bond acceptors (Lipinski definition) is 4. The number of rotatable bonds is 1. The first kappa shape index (κ1) is 12.0. The molecule has 1 N–H and O–H groups in total. The maximum Gasteiger partial charge on any atom is 0.142 e. The number of benzene rings is 1. The first-order chi connectivity index (χ1) is 10.8. The molecule has 0 atom stereocenters. The molecule has 2 aromatic heterocycles. The van der Waals surface area contributed by atoms with Crippen molar-refractivity contribution in [3.63, 3.8) is 0 Å². The van der Waals surface area contributed by atoms with Crippen LogP contribution in [0.25, 0.3) is 11.0 Å². The van der Waals surface area contributed by atoms with E-state index in [0.29, 0.717) is 0 Å². The molecule has 0 bridgehead atoms. The Labute approximate surface area is 128 Å². The van der Waals surface area contributed by atoms with Crippen molar-refractivity contribution in [1.82, 2.24) is 15.0 Å². The summed E-state index contributed by atoms with van der Waals surface area (Å²) in [5.74, 6) is 2.07. The monoisotopic (exact) mass is 292 g/mol. The van der Waals surface area contributed by atoms with Crippen molar-refractivity contribution >= 4 is 16.9 Å². The predicted octanol–water partition coefficient (Wildman–Crippen LogP) is 2.40. The van der Waals surface area contributed by atoms with Crippen LogP contribution in [0, 0.1) is 5.41 Å². The van der Waals surface area contributed by atoms with Gasteiger partial charge in [-0.3, -0.25) is 0 Å². The van der Waals surface area contributed by atoms with Crippen LogP contribution in [0.3, 0.4) is 0 Å². The number of nitrogens with zero attached hydrogens (tertiary/aromatic N) is 3. The summed E-state index contributed by atoms with van der Waals surface area (Å²) < 4.78 is 5.97. The summed E-state index contributed by atoms with van der Waals surface area (Å²) in [5.41, 5.74) is 2.45. The fourth-order valence-electron chi connectivity index (χ4n) is 3.70. The Morgan fingerprint density at radius 1 is 1.14 bits per heavy atom. The molecule has 1 aromatic carbocycles. The molecule has 1 fully saturated rings. The highest BCUT2D eigenvalue weighted by Crippen LogP contribution is 2.43. The number of anilines is 1. The van der Waals surface area contributed by atoms with Gasteiger partial charge in [-0.25, -0.2) is 9.97 Å². The van der Waals surface area contributed by atoms with Crippen molar-refractivity contribution in [2.75, 3.05) is 24.6 Å². The average Bonchev–Trinajstić information content (AvgIpc) is 3.01. The minimum atomic E-state index is 0.224. The summed E-state index contributed by atoms with van der Waals surface area (Å²) in [7, 11) is 0. The van der Waals surface area contributed by atoms with Crippen LogP contribution in [-0.4, -0.2) is 34.6 Å². The highest BCUT2D eigenvalue weighted by molar-refractivity contribution is 5.87. The zero-order valence-electron chi connectivity index (χ0n) is 12.1. The first-order valence-corrected chi connectivity index (χ1v) is 7.57. The molecule has 5 heteroatoms. The second-order valence-electron chi connectivity index (χ2n) is 6.37. The lowest BCUT2D eigenvalue weighted by molar-refractivity contribution is 0.0876. The minimum absolute atomic E-state index is 0.224. The van der Waals surface area contributed by atoms with Crippen LogP contribution in [0.1, 0.15) is 5.56 Å². The number of para-hydroxylation sites is 1. The molecule has 3 aromatic rings. The smallest absolute Gasteiger partial charge is 0.142 e. The van der Waals surface area contributed by atoms with Crippen LogP contribution in [0.5, 0.6) is 5.75 Å². The van der Waals surface area contributed by atoms with E-state index in [0.717, 1.165) is 48.7 Å². The standard InChI is InChI=1S/C17H16N4O/c1-2-4-14-12(3-1)7-17(10-22-14)8-21(9-17)16-13-5-6-18-15(13)19-11-20-16/h1-6,11H,7-10H2,(H,18,19,20). The van der Waals surface area contributed by atoms with Gasteiger partial charge in [0, 0.05) is 24.7 Å². The molecule has 0 unspecified atom stereocenters. The Hall–Kier alpha value is -2.56. The largest absolute Gasteiger partial charge is 0.493 e. The third kappa shape index (κ3) is 1.65. The zero-order valence-corrected chi connectivity index (χ0v) is 12.1. The Kier molecular flexibility index (Phi) is 2.31. The fourth-order valence-corrected chi connectivity index (χ4v) is 3.70. The molecule has 4 heterocycles. The Bertz CT molecular complexity index is 850. The van der Waals surface area contributed by atoms with E-state index in [2.05, 4.69) is 38.1 Å². The van der Waals surface area contributed by atoms with E-state index in [-0.39, 0.29) is 5.41 Å². The van der Waals surface area contributed by atoms with E-state index < -0.39 is 0 Å². The SMILES string of the molecule is c1ccc2c(c1)CC1(CO2)CN(c2ncnc3[nH]ccc23)C1. The Balaban J connectivity index is 1.42. The number of H-pyrrole nitrogens is 1. The maximum absolute atomic E-state index is 5.97. The molecule has 0 radical (unpaired) electrons. The van der Waals surface area contributed by atoms with Crippen LogP contribution in [0.15, 0.2) is 42.9 Å². The normalized spacial score (nSPS) is 18.8. The summed E-state index contributed by atoms with van der Waals surface area (Å²) in [6, 6.07) is 10.4. The lowest BCUT2D eigenvalue weighted by Crippen LogP contribution is -2.61. The molecule has 0 amide bonds. The number of aromatic amines is 1. The quantitative estimate of drug-likeness (QED) is 0.748. The molecule has 2 aliphatic heterocycles. The lowest BCUT2D eigenvalue weighted by atomic mass is 9.74. The van der Waals surface area contributed by atoms with E-state index >= 15 is 0 Å². The van der Waals surface area contributed by atoms with Gasteiger partial charge < -0.3 is 14.6 Å². The van der Waals surface area contributed by atoms with E-state index in [9.17, 15) is 0 Å². The predicted molar refractivity (Wildman–Crippen MR) is 84.2 cm³/mol. The van der Waals surface area contributed by atoms with Gasteiger partial charge in [0.25, 0.3) is 0 Å². The van der Waals surface area contributed by atoms with E-state index in [1.807, 2.05) is 18.3 Å². The molecular formula is C17H16N4O. The van der Waals surface area contributed by atoms with Crippen molar-refractivity contribution in [2.45, 2.75) is 6.42 Å². The molecule has 22 heavy (non-hydrogen) atoms. The molecule has 5 rings (SSSR count). The third-order valence-corrected chi connectivity index (χ3v) is 4.76. The van der Waals surface area contributed by atoms with E-state index in [1.165, 1.54) is 5.56 Å². The summed E-state index contributed by atoms with van der Waals surface area (Å²) in [6.45, 7) is 2.76. The molecular weight excluding hydrogens is 276 g/mol. The number of hydrogen-bond donors (Lipinski definition) is 1. The second-order valence-corrected chi connectivity index (χ2v) is 6.37. The highest BCUT2D eigenvalue weighted by Gasteiger charge is 2.47. The van der Waals surface area contributed by atoms with Crippen molar-refractivity contribution in [3.8, 4) is 5.75 Å². The lowest BCUT2D eigenvalue weighted by Gasteiger charge is -2.52. The van der Waals surface area contributed by atoms with Gasteiger partial charge in [0.05, 0.1) is 12.0 Å². The first-order valence-electron chi connectivity index (χ1n) is 7.57. The Morgan fingerprint density at radius 3 is 3.00 bits per heavy atom. The summed E-state index contributed by atoms with van der Waals surface area (Å²) in [6.07, 6.45) is 4.63. The van der Waals surface area contributed by atoms with Crippen LogP contribution >= 0.6 is 0 Å². The summed E-state index contributed by atoms with van der Waals surface area (Å²) >= 11 is 0. The molecule has 0 aliphatic carbocycles. The molecule has 1 saturated heterocycles. The van der Waals surface area contributed by atoms with Crippen LogP contribution < -0.4 is 9.64 Å². The molecule has 5 nitrogen and oxygen atoms in total. The van der Waals surface area contributed by atoms with Gasteiger partial charge >= 0.3 is 0 Å².